The summed E-state index contributed by atoms with van der Waals surface area (Å²) < 4.78 is 0. The van der Waals surface area contributed by atoms with E-state index in [0.29, 0.717) is 18.9 Å². The summed E-state index contributed by atoms with van der Waals surface area (Å²) >= 11 is 0. The fourth-order valence-electron chi connectivity index (χ4n) is 2.65. The van der Waals surface area contributed by atoms with E-state index in [0.717, 1.165) is 18.7 Å². The van der Waals surface area contributed by atoms with Crippen molar-refractivity contribution in [3.63, 3.8) is 0 Å². The van der Waals surface area contributed by atoms with E-state index >= 15 is 0 Å². The highest BCUT2D eigenvalue weighted by molar-refractivity contribution is 5.90. The van der Waals surface area contributed by atoms with Gasteiger partial charge in [-0.25, -0.2) is 0 Å². The van der Waals surface area contributed by atoms with Crippen LogP contribution < -0.4 is 5.32 Å². The number of likely N-dealkylation sites (tertiary alicyclic amines) is 1. The van der Waals surface area contributed by atoms with Gasteiger partial charge in [-0.3, -0.25) is 9.69 Å². The van der Waals surface area contributed by atoms with Gasteiger partial charge in [0.25, 0.3) is 0 Å². The number of hydrogen-bond donors (Lipinski definition) is 2. The van der Waals surface area contributed by atoms with Gasteiger partial charge < -0.3 is 10.4 Å². The first kappa shape index (κ1) is 14.0. The van der Waals surface area contributed by atoms with Crippen LogP contribution in [0.4, 0.5) is 5.69 Å². The van der Waals surface area contributed by atoms with Crippen LogP contribution in [0, 0.1) is 5.92 Å². The second kappa shape index (κ2) is 6.68. The van der Waals surface area contributed by atoms with Crippen molar-refractivity contribution in [1.29, 1.82) is 0 Å². The van der Waals surface area contributed by atoms with E-state index in [-0.39, 0.29) is 18.6 Å². The molecule has 2 unspecified atom stereocenters. The van der Waals surface area contributed by atoms with Crippen LogP contribution in [0.3, 0.4) is 0 Å². The number of aliphatic hydroxyl groups is 1. The minimum atomic E-state index is 0.0300. The van der Waals surface area contributed by atoms with Crippen LogP contribution in [0.2, 0.25) is 0 Å². The molecule has 1 aliphatic heterocycles. The number of aliphatic hydroxyl groups excluding tert-OH is 1. The fraction of sp³-hybridized carbons (Fsp3) is 0.533. The predicted octanol–water partition coefficient (Wildman–Crippen LogP) is 1.72. The van der Waals surface area contributed by atoms with Crippen molar-refractivity contribution in [2.75, 3.05) is 25.0 Å². The molecule has 1 fully saturated rings. The predicted molar refractivity (Wildman–Crippen MR) is 75.9 cm³/mol. The number of anilines is 1. The summed E-state index contributed by atoms with van der Waals surface area (Å²) in [4.78, 5) is 14.1. The van der Waals surface area contributed by atoms with Crippen molar-refractivity contribution in [3.05, 3.63) is 30.3 Å². The zero-order chi connectivity index (χ0) is 13.7. The Balaban J connectivity index is 1.78. The van der Waals surface area contributed by atoms with Gasteiger partial charge in [-0.05, 0) is 31.0 Å². The first-order valence-corrected chi connectivity index (χ1v) is 6.90. The third-order valence-corrected chi connectivity index (χ3v) is 3.87. The minimum Gasteiger partial charge on any atom is -0.395 e. The molecule has 4 heteroatoms. The van der Waals surface area contributed by atoms with Crippen molar-refractivity contribution in [2.24, 2.45) is 5.92 Å². The van der Waals surface area contributed by atoms with Crippen molar-refractivity contribution in [1.82, 2.24) is 4.90 Å². The van der Waals surface area contributed by atoms with E-state index in [1.54, 1.807) is 0 Å². The van der Waals surface area contributed by atoms with Crippen molar-refractivity contribution in [3.8, 4) is 0 Å². The SMILES string of the molecule is CC1CCN(CCC(=O)Nc2ccccc2)C1CO. The summed E-state index contributed by atoms with van der Waals surface area (Å²) in [6, 6.07) is 9.70. The van der Waals surface area contributed by atoms with E-state index in [9.17, 15) is 9.90 Å². The molecular formula is C15H22N2O2. The number of amides is 1. The molecule has 0 bridgehead atoms. The molecule has 1 aromatic rings. The lowest BCUT2D eigenvalue weighted by atomic mass is 10.0. The van der Waals surface area contributed by atoms with E-state index in [1.165, 1.54) is 0 Å². The third-order valence-electron chi connectivity index (χ3n) is 3.87. The summed E-state index contributed by atoms with van der Waals surface area (Å²) in [7, 11) is 0. The fourth-order valence-corrected chi connectivity index (χ4v) is 2.65. The molecule has 1 heterocycles. The van der Waals surface area contributed by atoms with Gasteiger partial charge in [0.05, 0.1) is 6.61 Å². The van der Waals surface area contributed by atoms with Crippen LogP contribution in [0.25, 0.3) is 0 Å². The Kier molecular flexibility index (Phi) is 4.93. The highest BCUT2D eigenvalue weighted by Gasteiger charge is 2.30. The van der Waals surface area contributed by atoms with E-state index in [2.05, 4.69) is 17.1 Å². The van der Waals surface area contributed by atoms with Gasteiger partial charge in [-0.1, -0.05) is 25.1 Å². The zero-order valence-corrected chi connectivity index (χ0v) is 11.4. The molecule has 2 rings (SSSR count). The molecule has 104 valence electrons. The second-order valence-corrected chi connectivity index (χ2v) is 5.22. The van der Waals surface area contributed by atoms with Gasteiger partial charge >= 0.3 is 0 Å². The normalized spacial score (nSPS) is 23.5. The topological polar surface area (TPSA) is 52.6 Å². The summed E-state index contributed by atoms with van der Waals surface area (Å²) in [5, 5.41) is 12.2. The summed E-state index contributed by atoms with van der Waals surface area (Å²) in [5.74, 6) is 0.546. The number of carbonyl (C=O) groups excluding carboxylic acids is 1. The Morgan fingerprint density at radius 1 is 1.42 bits per heavy atom. The first-order chi connectivity index (χ1) is 9.20. The van der Waals surface area contributed by atoms with Gasteiger partial charge in [0, 0.05) is 24.7 Å². The third kappa shape index (κ3) is 3.78. The monoisotopic (exact) mass is 262 g/mol. The number of benzene rings is 1. The van der Waals surface area contributed by atoms with Crippen molar-refractivity contribution < 1.29 is 9.90 Å². The van der Waals surface area contributed by atoms with E-state index < -0.39 is 0 Å². The van der Waals surface area contributed by atoms with Crippen LogP contribution >= 0.6 is 0 Å². The van der Waals surface area contributed by atoms with Crippen LogP contribution in [0.1, 0.15) is 19.8 Å². The lowest BCUT2D eigenvalue weighted by Crippen LogP contribution is -2.37. The minimum absolute atomic E-state index is 0.0300. The van der Waals surface area contributed by atoms with Gasteiger partial charge in [-0.15, -0.1) is 0 Å². The molecule has 0 spiro atoms. The molecule has 0 radical (unpaired) electrons. The average molecular weight is 262 g/mol. The summed E-state index contributed by atoms with van der Waals surface area (Å²) in [5.41, 5.74) is 0.834. The lowest BCUT2D eigenvalue weighted by Gasteiger charge is -2.24. The van der Waals surface area contributed by atoms with Crippen LogP contribution in [0.5, 0.6) is 0 Å². The molecular weight excluding hydrogens is 240 g/mol. The summed E-state index contributed by atoms with van der Waals surface area (Å²) in [6.45, 7) is 4.03. The maximum Gasteiger partial charge on any atom is 0.225 e. The number of hydrogen-bond acceptors (Lipinski definition) is 3. The molecule has 4 nitrogen and oxygen atoms in total. The Morgan fingerprint density at radius 2 is 2.16 bits per heavy atom. The Morgan fingerprint density at radius 3 is 2.84 bits per heavy atom. The van der Waals surface area contributed by atoms with Gasteiger partial charge in [0.15, 0.2) is 0 Å². The standard InChI is InChI=1S/C15H22N2O2/c1-12-7-9-17(14(12)11-18)10-8-15(19)16-13-5-3-2-4-6-13/h2-6,12,14,18H,7-11H2,1H3,(H,16,19). The van der Waals surface area contributed by atoms with Crippen LogP contribution in [-0.4, -0.2) is 41.7 Å². The van der Waals surface area contributed by atoms with Crippen molar-refractivity contribution in [2.45, 2.75) is 25.8 Å². The molecule has 1 amide bonds. The number of nitrogens with one attached hydrogen (secondary N) is 1. The zero-order valence-electron chi connectivity index (χ0n) is 11.4. The largest absolute Gasteiger partial charge is 0.395 e. The van der Waals surface area contributed by atoms with Gasteiger partial charge in [0.1, 0.15) is 0 Å². The van der Waals surface area contributed by atoms with E-state index in [1.807, 2.05) is 30.3 Å². The molecule has 1 aromatic carbocycles. The molecule has 2 atom stereocenters. The Labute approximate surface area is 114 Å². The van der Waals surface area contributed by atoms with Gasteiger partial charge in [-0.2, -0.15) is 0 Å². The van der Waals surface area contributed by atoms with Crippen LogP contribution in [0.15, 0.2) is 30.3 Å². The van der Waals surface area contributed by atoms with Crippen molar-refractivity contribution >= 4 is 11.6 Å². The number of carbonyl (C=O) groups is 1. The molecule has 0 saturated carbocycles. The molecule has 0 aliphatic carbocycles. The number of nitrogens with zero attached hydrogens (tertiary/aromatic N) is 1. The Bertz CT molecular complexity index is 408. The maximum absolute atomic E-state index is 11.8. The van der Waals surface area contributed by atoms with Gasteiger partial charge in [0.2, 0.25) is 5.91 Å². The molecule has 1 aliphatic rings. The average Bonchev–Trinajstić information content (AvgIpc) is 2.78. The highest BCUT2D eigenvalue weighted by atomic mass is 16.3. The second-order valence-electron chi connectivity index (χ2n) is 5.22. The molecule has 1 saturated heterocycles. The number of rotatable bonds is 5. The van der Waals surface area contributed by atoms with Crippen LogP contribution in [-0.2, 0) is 4.79 Å². The van der Waals surface area contributed by atoms with E-state index in [4.69, 9.17) is 0 Å². The highest BCUT2D eigenvalue weighted by Crippen LogP contribution is 2.23. The molecule has 2 N–H and O–H groups in total. The molecule has 19 heavy (non-hydrogen) atoms. The quantitative estimate of drug-likeness (QED) is 0.849. The first-order valence-electron chi connectivity index (χ1n) is 6.90. The Hall–Kier alpha value is -1.39. The summed E-state index contributed by atoms with van der Waals surface area (Å²) in [6.07, 6.45) is 1.57. The lowest BCUT2D eigenvalue weighted by molar-refractivity contribution is -0.116. The molecule has 0 aromatic heterocycles. The maximum atomic E-state index is 11.8. The smallest absolute Gasteiger partial charge is 0.225 e. The number of para-hydroxylation sites is 1.